The van der Waals surface area contributed by atoms with Crippen molar-refractivity contribution in [2.45, 2.75) is 0 Å². The maximum absolute atomic E-state index is 3.36. The Morgan fingerprint density at radius 2 is 0.725 bits per heavy atom. The first-order chi connectivity index (χ1) is 25.3. The molecule has 0 aliphatic heterocycles. The normalized spacial score (nSPS) is 11.8. The van der Waals surface area contributed by atoms with Gasteiger partial charge >= 0.3 is 0 Å². The van der Waals surface area contributed by atoms with Gasteiger partial charge in [-0.3, -0.25) is 0 Å². The fourth-order valence-corrected chi connectivity index (χ4v) is 13.2. The van der Waals surface area contributed by atoms with E-state index < -0.39 is 8.07 Å². The van der Waals surface area contributed by atoms with Crippen LogP contribution in [0.15, 0.2) is 194 Å². The number of nitrogens with zero attached hydrogens (tertiary/aromatic N) is 2. The van der Waals surface area contributed by atoms with Crippen LogP contribution in [0.5, 0.6) is 0 Å². The summed E-state index contributed by atoms with van der Waals surface area (Å²) in [5, 5.41) is 10.2. The van der Waals surface area contributed by atoms with Crippen LogP contribution < -0.4 is 20.7 Å². The Hall–Kier alpha value is -6.60. The third-order valence-corrected chi connectivity index (χ3v) is 15.2. The molecule has 0 amide bonds. The zero-order valence-electron chi connectivity index (χ0n) is 27.9. The van der Waals surface area contributed by atoms with Gasteiger partial charge in [-0.2, -0.15) is 0 Å². The second kappa shape index (κ2) is 11.8. The summed E-state index contributed by atoms with van der Waals surface area (Å²) in [5.74, 6) is 0. The Balaban J connectivity index is 1.41. The molecular formula is C48H32N2Si. The Kier molecular flexibility index (Phi) is 6.77. The molecule has 0 spiro atoms. The van der Waals surface area contributed by atoms with Crippen LogP contribution in [0, 0.1) is 12.1 Å². The molecule has 10 aromatic rings. The van der Waals surface area contributed by atoms with Crippen molar-refractivity contribution in [2.24, 2.45) is 0 Å². The summed E-state index contributed by atoms with van der Waals surface area (Å²) in [5.41, 5.74) is 7.04. The topological polar surface area (TPSA) is 9.86 Å². The van der Waals surface area contributed by atoms with Gasteiger partial charge in [-0.05, 0) is 75.3 Å². The minimum atomic E-state index is -2.94. The van der Waals surface area contributed by atoms with Gasteiger partial charge < -0.3 is 9.13 Å². The van der Waals surface area contributed by atoms with Gasteiger partial charge in [0.25, 0.3) is 0 Å². The summed E-state index contributed by atoms with van der Waals surface area (Å²) in [6.07, 6.45) is 0. The molecule has 0 fully saturated rings. The van der Waals surface area contributed by atoms with Crippen LogP contribution in [-0.2, 0) is 0 Å². The molecule has 2 heterocycles. The number of fused-ring (bicyclic) bond motifs is 6. The van der Waals surface area contributed by atoms with Crippen LogP contribution in [0.3, 0.4) is 0 Å². The molecule has 0 atom stereocenters. The predicted octanol–water partition coefficient (Wildman–Crippen LogP) is 8.86. The maximum atomic E-state index is 3.36. The Morgan fingerprint density at radius 3 is 1.12 bits per heavy atom. The van der Waals surface area contributed by atoms with E-state index in [1.165, 1.54) is 64.4 Å². The van der Waals surface area contributed by atoms with Crippen molar-refractivity contribution in [1.82, 2.24) is 9.13 Å². The van der Waals surface area contributed by atoms with E-state index in [-0.39, 0.29) is 0 Å². The monoisotopic (exact) mass is 664 g/mol. The highest BCUT2D eigenvalue weighted by atomic mass is 28.3. The standard InChI is InChI=1S/C48H32N2Si/c1-4-18-37(19-5-1)51(38-20-6-2-7-21-38,39-22-8-3-9-23-39)40-33-35(49-45-28-14-10-24-41(45)42-25-11-15-29-46(42)49)32-36(34-40)50-47-30-16-12-26-43(47)44-27-13-17-31-48(44)50/h1-2,4-8,10-34H. The molecule has 0 unspecified atom stereocenters. The smallest absolute Gasteiger partial charge is 0.180 e. The summed E-state index contributed by atoms with van der Waals surface area (Å²) in [6, 6.07) is 77.8. The fraction of sp³-hybridized carbons (Fsp3) is 0. The second-order valence-corrected chi connectivity index (χ2v) is 17.0. The third kappa shape index (κ3) is 4.44. The lowest BCUT2D eigenvalue weighted by molar-refractivity contribution is 1.14. The minimum absolute atomic E-state index is 1.14. The SMILES string of the molecule is c1ccc([Si](c2ccccc2)(c2ccccc2)c2cc(-n3c4ccccc4c4ccccc43)cc(-n3c4ccccc4c4ccccc43)c2)cc#1. The summed E-state index contributed by atoms with van der Waals surface area (Å²) < 4.78 is 4.93. The Morgan fingerprint density at radius 1 is 0.333 bits per heavy atom. The van der Waals surface area contributed by atoms with E-state index in [1.807, 2.05) is 6.07 Å². The van der Waals surface area contributed by atoms with E-state index in [1.54, 1.807) is 0 Å². The van der Waals surface area contributed by atoms with E-state index in [4.69, 9.17) is 0 Å². The fourth-order valence-electron chi connectivity index (χ4n) is 8.43. The van der Waals surface area contributed by atoms with E-state index in [0.29, 0.717) is 0 Å². The zero-order chi connectivity index (χ0) is 33.8. The van der Waals surface area contributed by atoms with Crippen LogP contribution in [0.2, 0.25) is 0 Å². The second-order valence-electron chi connectivity index (χ2n) is 13.2. The number of hydrogen-bond acceptors (Lipinski definition) is 0. The predicted molar refractivity (Wildman–Crippen MR) is 216 cm³/mol. The van der Waals surface area contributed by atoms with Crippen molar-refractivity contribution in [3.63, 3.8) is 0 Å². The van der Waals surface area contributed by atoms with Gasteiger partial charge in [-0.15, -0.1) is 0 Å². The first-order valence-electron chi connectivity index (χ1n) is 17.4. The lowest BCUT2D eigenvalue weighted by Crippen LogP contribution is -2.74. The molecule has 0 radical (unpaired) electrons. The molecule has 3 heteroatoms. The van der Waals surface area contributed by atoms with Gasteiger partial charge in [0.05, 0.1) is 22.1 Å². The molecule has 51 heavy (non-hydrogen) atoms. The van der Waals surface area contributed by atoms with Crippen molar-refractivity contribution < 1.29 is 0 Å². The highest BCUT2D eigenvalue weighted by molar-refractivity contribution is 7.19. The molecule has 2 aromatic heterocycles. The Labute approximate surface area is 298 Å². The molecule has 0 saturated carbocycles. The van der Waals surface area contributed by atoms with Crippen LogP contribution in [0.4, 0.5) is 0 Å². The van der Waals surface area contributed by atoms with Crippen molar-refractivity contribution >= 4 is 72.4 Å². The molecule has 0 saturated heterocycles. The summed E-state index contributed by atoms with van der Waals surface area (Å²) in [7, 11) is -2.94. The van der Waals surface area contributed by atoms with Gasteiger partial charge in [0.1, 0.15) is 0 Å². The van der Waals surface area contributed by atoms with Gasteiger partial charge in [0.2, 0.25) is 0 Å². The zero-order valence-corrected chi connectivity index (χ0v) is 28.9. The first-order valence-corrected chi connectivity index (χ1v) is 19.4. The van der Waals surface area contributed by atoms with E-state index in [0.717, 1.165) is 11.4 Å². The molecule has 2 nitrogen and oxygen atoms in total. The van der Waals surface area contributed by atoms with E-state index >= 15 is 0 Å². The molecule has 238 valence electrons. The van der Waals surface area contributed by atoms with Gasteiger partial charge in [-0.25, -0.2) is 0 Å². The highest BCUT2D eigenvalue weighted by Gasteiger charge is 2.42. The number of aromatic nitrogens is 2. The van der Waals surface area contributed by atoms with Crippen LogP contribution >= 0.6 is 0 Å². The van der Waals surface area contributed by atoms with Crippen LogP contribution in [0.1, 0.15) is 0 Å². The summed E-state index contributed by atoms with van der Waals surface area (Å²) >= 11 is 0. The van der Waals surface area contributed by atoms with E-state index in [2.05, 4.69) is 209 Å². The molecular weight excluding hydrogens is 633 g/mol. The quantitative estimate of drug-likeness (QED) is 0.124. The molecule has 10 rings (SSSR count). The molecule has 0 N–H and O–H groups in total. The third-order valence-electron chi connectivity index (χ3n) is 10.5. The average molecular weight is 665 g/mol. The van der Waals surface area contributed by atoms with Gasteiger partial charge in [-0.1, -0.05) is 152 Å². The van der Waals surface area contributed by atoms with E-state index in [9.17, 15) is 0 Å². The van der Waals surface area contributed by atoms with Gasteiger partial charge in [0.15, 0.2) is 8.07 Å². The Bertz CT molecular complexity index is 2520. The maximum Gasteiger partial charge on any atom is 0.180 e. The van der Waals surface area contributed by atoms with Crippen molar-refractivity contribution in [2.75, 3.05) is 0 Å². The van der Waals surface area contributed by atoms with Crippen LogP contribution in [-0.4, -0.2) is 17.2 Å². The molecule has 8 aromatic carbocycles. The van der Waals surface area contributed by atoms with Crippen molar-refractivity contribution in [3.05, 3.63) is 206 Å². The van der Waals surface area contributed by atoms with Crippen LogP contribution in [0.25, 0.3) is 55.0 Å². The van der Waals surface area contributed by atoms with Crippen molar-refractivity contribution in [1.29, 1.82) is 0 Å². The minimum Gasteiger partial charge on any atom is -0.309 e. The highest BCUT2D eigenvalue weighted by Crippen LogP contribution is 2.35. The summed E-state index contributed by atoms with van der Waals surface area (Å²) in [4.78, 5) is 0. The summed E-state index contributed by atoms with van der Waals surface area (Å²) in [6.45, 7) is 0. The lowest BCUT2D eigenvalue weighted by Gasteiger charge is -2.35. The number of para-hydroxylation sites is 4. The molecule has 0 bridgehead atoms. The molecule has 0 aliphatic carbocycles. The van der Waals surface area contributed by atoms with Crippen molar-refractivity contribution in [3.8, 4) is 11.4 Å². The first kappa shape index (κ1) is 29.3. The lowest BCUT2D eigenvalue weighted by atomic mass is 10.2. The number of rotatable bonds is 6. The molecule has 0 aliphatic rings. The number of hydrogen-bond donors (Lipinski definition) is 0. The van der Waals surface area contributed by atoms with Gasteiger partial charge in [0, 0.05) is 32.9 Å². The number of benzene rings is 7. The average Bonchev–Trinajstić information content (AvgIpc) is 3.73. The largest absolute Gasteiger partial charge is 0.309 e.